The molecule has 35 heavy (non-hydrogen) atoms. The molecule has 0 aliphatic carbocycles. The number of nitrogens with zero attached hydrogens (tertiary/aromatic N) is 8. The first-order valence-corrected chi connectivity index (χ1v) is 11.9. The van der Waals surface area contributed by atoms with Crippen molar-refractivity contribution in [1.29, 1.82) is 0 Å². The van der Waals surface area contributed by atoms with Gasteiger partial charge in [-0.15, -0.1) is 15.3 Å². The predicted octanol–water partition coefficient (Wildman–Crippen LogP) is 3.98. The second-order valence-corrected chi connectivity index (χ2v) is 9.60. The van der Waals surface area contributed by atoms with E-state index >= 15 is 0 Å². The van der Waals surface area contributed by atoms with Crippen molar-refractivity contribution in [3.05, 3.63) is 81.6 Å². The van der Waals surface area contributed by atoms with Crippen LogP contribution in [0.5, 0.6) is 0 Å². The summed E-state index contributed by atoms with van der Waals surface area (Å²) in [7, 11) is 1.83. The normalized spacial score (nSPS) is 12.3. The number of thioether (sulfide) groups is 1. The molecule has 2 aromatic carbocycles. The van der Waals surface area contributed by atoms with Gasteiger partial charge >= 0.3 is 0 Å². The van der Waals surface area contributed by atoms with E-state index in [9.17, 15) is 4.79 Å². The topological polar surface area (TPSA) is 109 Å². The molecule has 0 amide bonds. The molecule has 5 rings (SSSR count). The minimum Gasteiger partial charge on any atom is -0.419 e. The third kappa shape index (κ3) is 4.08. The van der Waals surface area contributed by atoms with E-state index < -0.39 is 0 Å². The lowest BCUT2D eigenvalue weighted by molar-refractivity contribution is 0.508. The largest absolute Gasteiger partial charge is 0.419 e. The molecule has 0 spiro atoms. The van der Waals surface area contributed by atoms with Crippen LogP contribution in [-0.2, 0) is 7.05 Å². The van der Waals surface area contributed by atoms with Gasteiger partial charge in [0, 0.05) is 12.6 Å². The highest BCUT2D eigenvalue weighted by Gasteiger charge is 2.25. The first kappa shape index (κ1) is 22.8. The van der Waals surface area contributed by atoms with Crippen LogP contribution >= 0.6 is 11.8 Å². The van der Waals surface area contributed by atoms with E-state index in [1.165, 1.54) is 22.0 Å². The third-order valence-corrected chi connectivity index (χ3v) is 7.02. The molecule has 11 heteroatoms. The monoisotopic (exact) mass is 488 g/mol. The first-order chi connectivity index (χ1) is 16.8. The predicted molar refractivity (Wildman–Crippen MR) is 132 cm³/mol. The number of rotatable bonds is 6. The standard InChI is InChI=1S/C24H24N8O2S/c1-14-11-12-18(13-15(14)2)22-26-25-21(34-22)17(4)35-24-27-28-29-31(24)20-16(3)30(5)32(23(20)33)19-9-7-6-8-10-19/h6-13,17H,1-5H3. The summed E-state index contributed by atoms with van der Waals surface area (Å²) in [5.41, 5.74) is 4.89. The Hall–Kier alpha value is -3.99. The molecule has 1 unspecified atom stereocenters. The van der Waals surface area contributed by atoms with E-state index in [2.05, 4.69) is 32.6 Å². The minimum absolute atomic E-state index is 0.215. The zero-order chi connectivity index (χ0) is 24.7. The van der Waals surface area contributed by atoms with Crippen LogP contribution < -0.4 is 5.56 Å². The van der Waals surface area contributed by atoms with Crippen molar-refractivity contribution >= 4 is 11.8 Å². The number of aromatic nitrogens is 8. The number of hydrogen-bond donors (Lipinski definition) is 0. The van der Waals surface area contributed by atoms with Crippen LogP contribution in [0.25, 0.3) is 22.8 Å². The SMILES string of the molecule is Cc1ccc(-c2nnc(C(C)Sc3nnnn3-c3c(C)n(C)n(-c4ccccc4)c3=O)o2)cc1C. The molecule has 1 atom stereocenters. The Balaban J connectivity index is 1.45. The van der Waals surface area contributed by atoms with Gasteiger partial charge in [0.1, 0.15) is 0 Å². The maximum absolute atomic E-state index is 13.4. The van der Waals surface area contributed by atoms with E-state index in [4.69, 9.17) is 4.42 Å². The van der Waals surface area contributed by atoms with Crippen molar-refractivity contribution in [3.8, 4) is 22.8 Å². The highest BCUT2D eigenvalue weighted by atomic mass is 32.2. The average molecular weight is 489 g/mol. The summed E-state index contributed by atoms with van der Waals surface area (Å²) >= 11 is 1.34. The molecule has 0 N–H and O–H groups in total. The molecule has 0 fully saturated rings. The lowest BCUT2D eigenvalue weighted by Crippen LogP contribution is -2.22. The van der Waals surface area contributed by atoms with Gasteiger partial charge in [-0.25, -0.2) is 4.68 Å². The van der Waals surface area contributed by atoms with Gasteiger partial charge in [-0.3, -0.25) is 9.48 Å². The summed E-state index contributed by atoms with van der Waals surface area (Å²) in [6.07, 6.45) is 0. The molecule has 0 saturated carbocycles. The lowest BCUT2D eigenvalue weighted by Gasteiger charge is -2.07. The molecule has 0 radical (unpaired) electrons. The molecular weight excluding hydrogens is 464 g/mol. The Labute approximate surface area is 205 Å². The molecular formula is C24H24N8O2S. The van der Waals surface area contributed by atoms with Crippen LogP contribution in [0.3, 0.4) is 0 Å². The molecule has 3 heterocycles. The van der Waals surface area contributed by atoms with Gasteiger partial charge in [-0.1, -0.05) is 36.0 Å². The van der Waals surface area contributed by atoms with Crippen LogP contribution in [0.4, 0.5) is 0 Å². The fourth-order valence-corrected chi connectivity index (χ4v) is 4.61. The molecule has 178 valence electrons. The molecule has 0 aliphatic rings. The Morgan fingerprint density at radius 2 is 1.74 bits per heavy atom. The van der Waals surface area contributed by atoms with Gasteiger partial charge in [0.2, 0.25) is 16.9 Å². The molecule has 5 aromatic rings. The van der Waals surface area contributed by atoms with Gasteiger partial charge < -0.3 is 4.42 Å². The van der Waals surface area contributed by atoms with Crippen LogP contribution in [0.1, 0.15) is 34.9 Å². The minimum atomic E-state index is -0.243. The van der Waals surface area contributed by atoms with Crippen molar-refractivity contribution in [3.63, 3.8) is 0 Å². The second-order valence-electron chi connectivity index (χ2n) is 8.29. The third-order valence-electron chi connectivity index (χ3n) is 6.00. The number of hydrogen-bond acceptors (Lipinski definition) is 8. The van der Waals surface area contributed by atoms with Crippen molar-refractivity contribution in [2.24, 2.45) is 7.05 Å². The Morgan fingerprint density at radius 1 is 0.971 bits per heavy atom. The second kappa shape index (κ2) is 8.99. The summed E-state index contributed by atoms with van der Waals surface area (Å²) in [6, 6.07) is 15.5. The Bertz CT molecular complexity index is 1560. The number of tetrazole rings is 1. The average Bonchev–Trinajstić information content (AvgIpc) is 3.56. The number of para-hydroxylation sites is 1. The molecule has 10 nitrogen and oxygen atoms in total. The molecule has 0 aliphatic heterocycles. The van der Waals surface area contributed by atoms with Gasteiger partial charge in [0.25, 0.3) is 5.56 Å². The highest BCUT2D eigenvalue weighted by molar-refractivity contribution is 7.99. The van der Waals surface area contributed by atoms with E-state index in [1.807, 2.05) is 76.3 Å². The summed E-state index contributed by atoms with van der Waals surface area (Å²) in [5.74, 6) is 0.907. The summed E-state index contributed by atoms with van der Waals surface area (Å²) < 4.78 is 10.8. The van der Waals surface area contributed by atoms with Crippen LogP contribution in [-0.4, -0.2) is 39.8 Å². The highest BCUT2D eigenvalue weighted by Crippen LogP contribution is 2.34. The molecule has 3 aromatic heterocycles. The van der Waals surface area contributed by atoms with Gasteiger partial charge in [-0.05, 0) is 73.5 Å². The van der Waals surface area contributed by atoms with Crippen LogP contribution in [0.15, 0.2) is 62.9 Å². The molecule has 0 saturated heterocycles. The number of benzene rings is 2. The van der Waals surface area contributed by atoms with Gasteiger partial charge in [-0.2, -0.15) is 4.68 Å². The summed E-state index contributed by atoms with van der Waals surface area (Å²) in [5, 5.41) is 20.8. The fraction of sp³-hybridized carbons (Fsp3) is 0.250. The van der Waals surface area contributed by atoms with E-state index in [0.717, 1.165) is 22.5 Å². The zero-order valence-corrected chi connectivity index (χ0v) is 20.8. The Kier molecular flexibility index (Phi) is 5.85. The maximum atomic E-state index is 13.4. The maximum Gasteiger partial charge on any atom is 0.297 e. The van der Waals surface area contributed by atoms with Crippen molar-refractivity contribution in [2.75, 3.05) is 0 Å². The zero-order valence-electron chi connectivity index (χ0n) is 20.0. The molecule has 0 bridgehead atoms. The lowest BCUT2D eigenvalue weighted by atomic mass is 10.1. The first-order valence-electron chi connectivity index (χ1n) is 11.1. The van der Waals surface area contributed by atoms with Crippen molar-refractivity contribution in [1.82, 2.24) is 39.8 Å². The fourth-order valence-electron chi connectivity index (χ4n) is 3.79. The van der Waals surface area contributed by atoms with Crippen molar-refractivity contribution in [2.45, 2.75) is 38.1 Å². The summed E-state index contributed by atoms with van der Waals surface area (Å²) in [6.45, 7) is 7.90. The van der Waals surface area contributed by atoms with E-state index in [1.54, 1.807) is 9.36 Å². The van der Waals surface area contributed by atoms with E-state index in [0.29, 0.717) is 22.6 Å². The van der Waals surface area contributed by atoms with Crippen LogP contribution in [0, 0.1) is 20.8 Å². The van der Waals surface area contributed by atoms with Gasteiger partial charge in [0.15, 0.2) is 5.69 Å². The van der Waals surface area contributed by atoms with Crippen LogP contribution in [0.2, 0.25) is 0 Å². The van der Waals surface area contributed by atoms with E-state index in [-0.39, 0.29) is 10.8 Å². The smallest absolute Gasteiger partial charge is 0.297 e. The number of aryl methyl sites for hydroxylation is 2. The Morgan fingerprint density at radius 3 is 2.49 bits per heavy atom. The van der Waals surface area contributed by atoms with Gasteiger partial charge in [0.05, 0.1) is 16.6 Å². The summed E-state index contributed by atoms with van der Waals surface area (Å²) in [4.78, 5) is 13.4. The van der Waals surface area contributed by atoms with Crippen molar-refractivity contribution < 1.29 is 4.42 Å². The quantitative estimate of drug-likeness (QED) is 0.330.